The number of benzene rings is 2. The van der Waals surface area contributed by atoms with Crippen molar-refractivity contribution in [2.24, 2.45) is 0 Å². The topological polar surface area (TPSA) is 114 Å². The maximum absolute atomic E-state index is 13.3. The van der Waals surface area contributed by atoms with Gasteiger partial charge in [-0.1, -0.05) is 31.0 Å². The van der Waals surface area contributed by atoms with Crippen molar-refractivity contribution >= 4 is 20.0 Å². The lowest BCUT2D eigenvalue weighted by Crippen LogP contribution is -2.43. The third-order valence-electron chi connectivity index (χ3n) is 7.65. The molecular weight excluding hydrogens is 524 g/mol. The quantitative estimate of drug-likeness (QED) is 0.417. The number of hydrogen-bond donors (Lipinski definition) is 0. The molecule has 204 valence electrons. The second kappa shape index (κ2) is 10.9. The molecule has 0 bridgehead atoms. The fourth-order valence-electron chi connectivity index (χ4n) is 5.32. The smallest absolute Gasteiger partial charge is 0.247 e. The Kier molecular flexibility index (Phi) is 7.72. The fourth-order valence-corrected chi connectivity index (χ4v) is 8.56. The van der Waals surface area contributed by atoms with E-state index in [-0.39, 0.29) is 21.8 Å². The predicted molar refractivity (Wildman–Crippen MR) is 143 cm³/mol. The summed E-state index contributed by atoms with van der Waals surface area (Å²) in [4.78, 5) is 0.233. The van der Waals surface area contributed by atoms with Gasteiger partial charge in [0.25, 0.3) is 0 Å². The van der Waals surface area contributed by atoms with Gasteiger partial charge in [0.2, 0.25) is 31.8 Å². The van der Waals surface area contributed by atoms with E-state index in [1.54, 1.807) is 4.31 Å². The molecule has 2 saturated heterocycles. The highest BCUT2D eigenvalue weighted by Gasteiger charge is 2.34. The van der Waals surface area contributed by atoms with E-state index in [9.17, 15) is 16.8 Å². The second-order valence-electron chi connectivity index (χ2n) is 10.1. The van der Waals surface area contributed by atoms with E-state index >= 15 is 0 Å². The van der Waals surface area contributed by atoms with E-state index in [0.717, 1.165) is 36.8 Å². The summed E-state index contributed by atoms with van der Waals surface area (Å²) >= 11 is 0. The Balaban J connectivity index is 1.25. The molecule has 1 aromatic heterocycles. The lowest BCUT2D eigenvalue weighted by molar-refractivity contribution is 0.246. The monoisotopic (exact) mass is 558 g/mol. The number of nitrogens with zero attached hydrogens (tertiary/aromatic N) is 4. The Morgan fingerprint density at radius 2 is 1.45 bits per heavy atom. The summed E-state index contributed by atoms with van der Waals surface area (Å²) in [6.07, 6.45) is 4.62. The Labute approximate surface area is 225 Å². The fraction of sp³-hybridized carbons (Fsp3) is 0.481. The van der Waals surface area contributed by atoms with Crippen LogP contribution in [0.2, 0.25) is 0 Å². The first kappa shape index (κ1) is 27.0. The number of hydrogen-bond acceptors (Lipinski definition) is 7. The summed E-state index contributed by atoms with van der Waals surface area (Å²) in [6.45, 7) is 5.15. The van der Waals surface area contributed by atoms with Crippen LogP contribution in [0, 0.1) is 6.92 Å². The molecule has 0 saturated carbocycles. The Hall–Kier alpha value is -2.60. The first-order chi connectivity index (χ1) is 18.2. The van der Waals surface area contributed by atoms with E-state index in [4.69, 9.17) is 4.42 Å². The van der Waals surface area contributed by atoms with Gasteiger partial charge >= 0.3 is 0 Å². The minimum Gasteiger partial charge on any atom is -0.420 e. The van der Waals surface area contributed by atoms with Gasteiger partial charge in [0, 0.05) is 37.2 Å². The maximum atomic E-state index is 13.3. The molecule has 2 aliphatic rings. The number of piperidine rings is 2. The molecule has 0 unspecified atom stereocenters. The van der Waals surface area contributed by atoms with Crippen molar-refractivity contribution in [2.75, 3.05) is 19.6 Å². The molecular formula is C27H34N4O5S2. The minimum atomic E-state index is -3.75. The van der Waals surface area contributed by atoms with Crippen molar-refractivity contribution in [1.82, 2.24) is 18.8 Å². The SMILES string of the molecule is CC[C@H]1CCCCN1S(=O)(=O)c1ccc(S(=O)(=O)N2CCC(c3nnc(-c4ccc(C)cc4)o3)CC2)cc1. The van der Waals surface area contributed by atoms with Crippen LogP contribution < -0.4 is 0 Å². The summed E-state index contributed by atoms with van der Waals surface area (Å²) in [6, 6.07) is 13.5. The summed E-state index contributed by atoms with van der Waals surface area (Å²) < 4.78 is 62.1. The van der Waals surface area contributed by atoms with Crippen LogP contribution in [-0.2, 0) is 20.0 Å². The van der Waals surface area contributed by atoms with Gasteiger partial charge in [0.15, 0.2) is 0 Å². The summed E-state index contributed by atoms with van der Waals surface area (Å²) in [5.74, 6) is 0.965. The van der Waals surface area contributed by atoms with Crippen LogP contribution in [0.4, 0.5) is 0 Å². The van der Waals surface area contributed by atoms with E-state index in [0.29, 0.717) is 44.3 Å². The first-order valence-corrected chi connectivity index (χ1v) is 16.1. The molecule has 9 nitrogen and oxygen atoms in total. The van der Waals surface area contributed by atoms with Crippen LogP contribution in [0.1, 0.15) is 62.8 Å². The van der Waals surface area contributed by atoms with Crippen LogP contribution in [0.5, 0.6) is 0 Å². The van der Waals surface area contributed by atoms with Crippen LogP contribution in [0.25, 0.3) is 11.5 Å². The molecule has 2 fully saturated rings. The predicted octanol–water partition coefficient (Wildman–Crippen LogP) is 4.57. The zero-order valence-electron chi connectivity index (χ0n) is 21.8. The number of rotatable bonds is 7. The third-order valence-corrected chi connectivity index (χ3v) is 11.5. The molecule has 3 heterocycles. The lowest BCUT2D eigenvalue weighted by atomic mass is 9.98. The van der Waals surface area contributed by atoms with Gasteiger partial charge in [-0.05, 0) is 75.4 Å². The average molecular weight is 559 g/mol. The summed E-state index contributed by atoms with van der Waals surface area (Å²) in [5.41, 5.74) is 2.00. The maximum Gasteiger partial charge on any atom is 0.247 e. The second-order valence-corrected chi connectivity index (χ2v) is 14.0. The van der Waals surface area contributed by atoms with Gasteiger partial charge in [-0.25, -0.2) is 16.8 Å². The Bertz CT molecular complexity index is 1460. The molecule has 2 aromatic carbocycles. The van der Waals surface area contributed by atoms with Gasteiger partial charge in [-0.15, -0.1) is 10.2 Å². The van der Waals surface area contributed by atoms with E-state index in [1.165, 1.54) is 28.6 Å². The summed E-state index contributed by atoms with van der Waals surface area (Å²) in [7, 11) is -7.42. The van der Waals surface area contributed by atoms with Gasteiger partial charge in [0.1, 0.15) is 0 Å². The Morgan fingerprint density at radius 3 is 2.08 bits per heavy atom. The number of sulfonamides is 2. The number of aromatic nitrogens is 2. The average Bonchev–Trinajstić information content (AvgIpc) is 3.44. The third kappa shape index (κ3) is 5.29. The van der Waals surface area contributed by atoms with Crippen molar-refractivity contribution in [3.05, 3.63) is 60.0 Å². The van der Waals surface area contributed by atoms with E-state index in [2.05, 4.69) is 10.2 Å². The normalized spacial score (nSPS) is 20.5. The first-order valence-electron chi connectivity index (χ1n) is 13.2. The minimum absolute atomic E-state index is 0.00900. The Morgan fingerprint density at radius 1 is 0.816 bits per heavy atom. The molecule has 0 amide bonds. The van der Waals surface area contributed by atoms with Crippen LogP contribution in [-0.4, -0.2) is 61.3 Å². The van der Waals surface area contributed by atoms with Gasteiger partial charge < -0.3 is 4.42 Å². The largest absolute Gasteiger partial charge is 0.420 e. The molecule has 0 radical (unpaired) electrons. The van der Waals surface area contributed by atoms with Crippen molar-refractivity contribution < 1.29 is 21.3 Å². The molecule has 0 aliphatic carbocycles. The van der Waals surface area contributed by atoms with E-state index < -0.39 is 20.0 Å². The molecule has 0 N–H and O–H groups in total. The summed E-state index contributed by atoms with van der Waals surface area (Å²) in [5, 5.41) is 8.40. The van der Waals surface area contributed by atoms with E-state index in [1.807, 2.05) is 38.1 Å². The molecule has 38 heavy (non-hydrogen) atoms. The van der Waals surface area contributed by atoms with Crippen molar-refractivity contribution in [2.45, 2.75) is 74.1 Å². The molecule has 5 rings (SSSR count). The molecule has 3 aromatic rings. The highest BCUT2D eigenvalue weighted by molar-refractivity contribution is 7.89. The molecule has 11 heteroatoms. The van der Waals surface area contributed by atoms with Crippen molar-refractivity contribution in [3.8, 4) is 11.5 Å². The lowest BCUT2D eigenvalue weighted by Gasteiger charge is -2.34. The van der Waals surface area contributed by atoms with Gasteiger partial charge in [-0.2, -0.15) is 8.61 Å². The zero-order chi connectivity index (χ0) is 26.9. The van der Waals surface area contributed by atoms with Crippen LogP contribution in [0.15, 0.2) is 62.7 Å². The standard InChI is InChI=1S/C27H34N4O5S2/c1-3-23-6-4-5-17-31(23)38(34,35)25-13-11-24(12-14-25)37(32,33)30-18-15-22(16-19-30)27-29-28-26(36-27)21-9-7-20(2)8-10-21/h7-14,22-23H,3-6,15-19H2,1-2H3/t23-/m0/s1. The molecule has 0 spiro atoms. The van der Waals surface area contributed by atoms with Crippen LogP contribution >= 0.6 is 0 Å². The van der Waals surface area contributed by atoms with Gasteiger partial charge in [-0.3, -0.25) is 0 Å². The van der Waals surface area contributed by atoms with Gasteiger partial charge in [0.05, 0.1) is 9.79 Å². The van der Waals surface area contributed by atoms with Crippen LogP contribution in [0.3, 0.4) is 0 Å². The zero-order valence-corrected chi connectivity index (χ0v) is 23.4. The van der Waals surface area contributed by atoms with Crippen molar-refractivity contribution in [1.29, 1.82) is 0 Å². The van der Waals surface area contributed by atoms with Crippen molar-refractivity contribution in [3.63, 3.8) is 0 Å². The number of aryl methyl sites for hydroxylation is 1. The highest BCUT2D eigenvalue weighted by atomic mass is 32.2. The highest BCUT2D eigenvalue weighted by Crippen LogP contribution is 2.32. The molecule has 1 atom stereocenters. The molecule has 2 aliphatic heterocycles.